The number of halogens is 1. The molecule has 3 aliphatic heterocycles. The molecule has 9 nitrogen and oxygen atoms in total. The fraction of sp³-hybridized carbons (Fsp3) is 0.564. The molecule has 11 heteroatoms. The van der Waals surface area contributed by atoms with Crippen molar-refractivity contribution >= 4 is 33.2 Å². The molecule has 1 saturated heterocycles. The number of carbonyl (C=O) groups is 1. The summed E-state index contributed by atoms with van der Waals surface area (Å²) in [5.41, 5.74) is 2.34. The number of rotatable bonds is 4. The van der Waals surface area contributed by atoms with Crippen LogP contribution in [0.4, 0.5) is 5.69 Å². The van der Waals surface area contributed by atoms with Gasteiger partial charge in [0, 0.05) is 49.2 Å². The van der Waals surface area contributed by atoms with Crippen molar-refractivity contribution in [2.45, 2.75) is 69.8 Å². The van der Waals surface area contributed by atoms with Gasteiger partial charge in [0.2, 0.25) is 10.0 Å². The number of amides is 1. The Morgan fingerprint density at radius 2 is 1.90 bits per heavy atom. The Kier molecular flexibility index (Phi) is 11.8. The van der Waals surface area contributed by atoms with Gasteiger partial charge in [0.05, 0.1) is 30.8 Å². The van der Waals surface area contributed by atoms with Gasteiger partial charge in [-0.1, -0.05) is 36.6 Å². The van der Waals surface area contributed by atoms with Crippen molar-refractivity contribution in [1.29, 1.82) is 0 Å². The van der Waals surface area contributed by atoms with E-state index in [0.717, 1.165) is 69.5 Å². The van der Waals surface area contributed by atoms with Gasteiger partial charge in [-0.3, -0.25) is 9.69 Å². The van der Waals surface area contributed by atoms with E-state index in [1.165, 1.54) is 5.56 Å². The van der Waals surface area contributed by atoms with Crippen LogP contribution in [0.15, 0.2) is 48.6 Å². The Hall–Kier alpha value is -3.07. The zero-order valence-electron chi connectivity index (χ0n) is 29.2. The molecule has 0 spiro atoms. The Bertz CT molecular complexity index is 1700. The summed E-state index contributed by atoms with van der Waals surface area (Å²) >= 11 is 6.37. The van der Waals surface area contributed by atoms with Crippen LogP contribution in [-0.4, -0.2) is 82.6 Å². The normalized spacial score (nSPS) is 29.8. The summed E-state index contributed by atoms with van der Waals surface area (Å²) in [6, 6.07) is 11.1. The number of carbonyl (C=O) groups excluding carboxylic acids is 1. The number of allylic oxidation sites excluding steroid dienone is 1. The molecule has 0 radical (unpaired) electrons. The standard InChI is InChI=1S/C39H50ClN3O6S/c1-4-39(49-23-20-42-18-21-47-22-19-42)16-7-8-28(2)29(3)50(45,46)41-38(44)31-12-15-37-36(25-31)43(26-32-11-14-35(32)39)17-6-5-9-30-24-34(40)13-10-33(30)27-48-37/h1,7,10,12-13,15-16,24-25,28-29,32,35H,5-6,8-9,11,14,17-23,26-27H2,2-3H3,(H,41,44)/b16-7+/t28-,29+,32-,35+,39-/m0/s1. The van der Waals surface area contributed by atoms with E-state index in [1.807, 2.05) is 37.3 Å². The number of ether oxygens (including phenoxy) is 3. The molecule has 3 heterocycles. The van der Waals surface area contributed by atoms with E-state index >= 15 is 0 Å². The quantitative estimate of drug-likeness (QED) is 0.310. The average Bonchev–Trinajstić information content (AvgIpc) is 3.12. The summed E-state index contributed by atoms with van der Waals surface area (Å²) in [7, 11) is -3.98. The van der Waals surface area contributed by atoms with E-state index in [4.69, 9.17) is 32.2 Å². The maximum atomic E-state index is 13.5. The van der Waals surface area contributed by atoms with Crippen LogP contribution in [0.25, 0.3) is 0 Å². The first-order valence-corrected chi connectivity index (χ1v) is 20.0. The number of fused-ring (bicyclic) bond motifs is 3. The number of aryl methyl sites for hydroxylation is 1. The van der Waals surface area contributed by atoms with Crippen molar-refractivity contribution in [3.05, 3.63) is 70.3 Å². The van der Waals surface area contributed by atoms with Gasteiger partial charge in [0.1, 0.15) is 18.0 Å². The number of hydrogen-bond donors (Lipinski definition) is 1. The fourth-order valence-electron chi connectivity index (χ4n) is 7.60. The third-order valence-corrected chi connectivity index (χ3v) is 13.3. The molecule has 2 aromatic rings. The van der Waals surface area contributed by atoms with Crippen LogP contribution in [0.2, 0.25) is 5.02 Å². The van der Waals surface area contributed by atoms with Gasteiger partial charge in [0.25, 0.3) is 5.91 Å². The second-order valence-electron chi connectivity index (χ2n) is 14.3. The van der Waals surface area contributed by atoms with Crippen molar-refractivity contribution in [1.82, 2.24) is 9.62 Å². The molecule has 50 heavy (non-hydrogen) atoms. The first-order chi connectivity index (χ1) is 24.1. The molecule has 1 N–H and O–H groups in total. The van der Waals surface area contributed by atoms with Crippen molar-refractivity contribution < 1.29 is 27.4 Å². The van der Waals surface area contributed by atoms with Crippen LogP contribution in [-0.2, 0) is 32.5 Å². The van der Waals surface area contributed by atoms with E-state index in [0.29, 0.717) is 50.2 Å². The molecule has 270 valence electrons. The summed E-state index contributed by atoms with van der Waals surface area (Å²) in [4.78, 5) is 18.2. The van der Waals surface area contributed by atoms with E-state index in [-0.39, 0.29) is 23.3 Å². The number of anilines is 1. The van der Waals surface area contributed by atoms with Gasteiger partial charge in [-0.25, -0.2) is 13.1 Å². The highest BCUT2D eigenvalue weighted by Crippen LogP contribution is 2.46. The maximum absolute atomic E-state index is 13.5. The number of sulfonamides is 1. The topological polar surface area (TPSA) is 97.4 Å². The number of nitrogens with one attached hydrogen (secondary N) is 1. The lowest BCUT2D eigenvalue weighted by molar-refractivity contribution is -0.0702. The van der Waals surface area contributed by atoms with Gasteiger partial charge < -0.3 is 19.1 Å². The first-order valence-electron chi connectivity index (χ1n) is 18.0. The van der Waals surface area contributed by atoms with Crippen LogP contribution < -0.4 is 14.4 Å². The molecule has 1 saturated carbocycles. The van der Waals surface area contributed by atoms with E-state index in [9.17, 15) is 13.2 Å². The highest BCUT2D eigenvalue weighted by Gasteiger charge is 2.47. The average molecular weight is 724 g/mol. The molecule has 0 aromatic heterocycles. The van der Waals surface area contributed by atoms with Crippen molar-refractivity contribution in [3.8, 4) is 18.1 Å². The summed E-state index contributed by atoms with van der Waals surface area (Å²) in [6.45, 7) is 9.70. The van der Waals surface area contributed by atoms with Crippen LogP contribution in [0.3, 0.4) is 0 Å². The van der Waals surface area contributed by atoms with E-state index in [1.54, 1.807) is 25.1 Å². The molecule has 5 atom stereocenters. The minimum Gasteiger partial charge on any atom is -0.487 e. The maximum Gasteiger partial charge on any atom is 0.264 e. The summed E-state index contributed by atoms with van der Waals surface area (Å²) in [5, 5.41) is -0.121. The van der Waals surface area contributed by atoms with Crippen molar-refractivity contribution in [2.24, 2.45) is 17.8 Å². The zero-order valence-corrected chi connectivity index (χ0v) is 30.8. The van der Waals surface area contributed by atoms with Crippen molar-refractivity contribution in [3.63, 3.8) is 0 Å². The van der Waals surface area contributed by atoms with Gasteiger partial charge in [-0.2, -0.15) is 0 Å². The highest BCUT2D eigenvalue weighted by atomic mass is 35.5. The lowest BCUT2D eigenvalue weighted by Gasteiger charge is -2.48. The number of nitrogens with zero attached hydrogens (tertiary/aromatic N) is 2. The molecule has 0 unspecified atom stereocenters. The van der Waals surface area contributed by atoms with Gasteiger partial charge >= 0.3 is 0 Å². The van der Waals surface area contributed by atoms with Gasteiger partial charge in [-0.15, -0.1) is 6.42 Å². The molecule has 1 amide bonds. The first kappa shape index (κ1) is 36.7. The molecule has 2 bridgehead atoms. The molecule has 2 aromatic carbocycles. The van der Waals surface area contributed by atoms with Crippen LogP contribution in [0.1, 0.15) is 67.4 Å². The number of terminal acetylenes is 1. The van der Waals surface area contributed by atoms with Gasteiger partial charge in [-0.05, 0) is 105 Å². The monoisotopic (exact) mass is 723 g/mol. The van der Waals surface area contributed by atoms with Crippen LogP contribution in [0.5, 0.6) is 5.75 Å². The van der Waals surface area contributed by atoms with Crippen LogP contribution in [0, 0.1) is 30.1 Å². The van der Waals surface area contributed by atoms with E-state index < -0.39 is 26.8 Å². The smallest absolute Gasteiger partial charge is 0.264 e. The SMILES string of the molecule is C#C[C@]1(OCCN2CCOCC2)/C=C/C[C@H](C)[C@@H](C)S(=O)(=O)NC(=O)c2ccc3c(c2)N(CCCCc2cc(Cl)ccc2CO3)C[C@@H]2CC[C@H]21. The minimum absolute atomic E-state index is 0.0678. The minimum atomic E-state index is -3.98. The molecular formula is C39H50ClN3O6S. The number of morpholine rings is 1. The Morgan fingerprint density at radius 3 is 2.66 bits per heavy atom. The number of benzene rings is 2. The second-order valence-corrected chi connectivity index (χ2v) is 16.7. The lowest BCUT2D eigenvalue weighted by atomic mass is 9.64. The summed E-state index contributed by atoms with van der Waals surface area (Å²) in [5.74, 6) is 3.09. The van der Waals surface area contributed by atoms with Crippen LogP contribution >= 0.6 is 11.6 Å². The molecule has 6 rings (SSSR count). The van der Waals surface area contributed by atoms with E-state index in [2.05, 4.69) is 20.4 Å². The lowest BCUT2D eigenvalue weighted by Crippen LogP contribution is -2.51. The molecule has 4 aliphatic rings. The Morgan fingerprint density at radius 1 is 1.08 bits per heavy atom. The predicted octanol–water partition coefficient (Wildman–Crippen LogP) is 5.85. The largest absolute Gasteiger partial charge is 0.487 e. The summed E-state index contributed by atoms with van der Waals surface area (Å²) in [6.07, 6.45) is 15.5. The molecule has 1 aliphatic carbocycles. The second kappa shape index (κ2) is 16.1. The highest BCUT2D eigenvalue weighted by molar-refractivity contribution is 7.90. The third-order valence-electron chi connectivity index (χ3n) is 11.1. The third kappa shape index (κ3) is 8.35. The zero-order chi connectivity index (χ0) is 35.3. The summed E-state index contributed by atoms with van der Waals surface area (Å²) < 4.78 is 48.1. The Labute approximate surface area is 302 Å². The fourth-order valence-corrected chi connectivity index (χ4v) is 9.07. The number of hydrogen-bond acceptors (Lipinski definition) is 8. The molecule has 2 fully saturated rings. The predicted molar refractivity (Wildman–Crippen MR) is 197 cm³/mol. The molecular weight excluding hydrogens is 674 g/mol. The van der Waals surface area contributed by atoms with Gasteiger partial charge in [0.15, 0.2) is 0 Å². The Balaban J connectivity index is 1.36. The van der Waals surface area contributed by atoms with Crippen molar-refractivity contribution in [2.75, 3.05) is 57.4 Å².